The molecule has 1 aliphatic rings. The van der Waals surface area contributed by atoms with Crippen molar-refractivity contribution in [2.24, 2.45) is 0 Å². The van der Waals surface area contributed by atoms with E-state index in [2.05, 4.69) is 0 Å². The largest absolute Gasteiger partial charge is 0.452 e. The summed E-state index contributed by atoms with van der Waals surface area (Å²) in [5.41, 5.74) is 0.597. The number of nitrogens with one attached hydrogen (secondary N) is 1. The first-order valence-electron chi connectivity index (χ1n) is 9.77. The molecule has 0 aliphatic carbocycles. The molecule has 7 nitrogen and oxygen atoms in total. The first-order chi connectivity index (χ1) is 15.8. The summed E-state index contributed by atoms with van der Waals surface area (Å²) >= 11 is 0. The van der Waals surface area contributed by atoms with Crippen LogP contribution in [0.5, 0.6) is 0 Å². The average molecular weight is 450 g/mol. The van der Waals surface area contributed by atoms with Crippen molar-refractivity contribution in [3.8, 4) is 0 Å². The highest BCUT2D eigenvalue weighted by atomic mass is 19.1. The van der Waals surface area contributed by atoms with Crippen molar-refractivity contribution in [3.05, 3.63) is 94.6 Å². The van der Waals surface area contributed by atoms with E-state index in [1.165, 1.54) is 18.2 Å². The summed E-state index contributed by atoms with van der Waals surface area (Å²) in [4.78, 5) is 51.0. The van der Waals surface area contributed by atoms with E-state index < -0.39 is 47.6 Å². The highest BCUT2D eigenvalue weighted by molar-refractivity contribution is 6.34. The van der Waals surface area contributed by atoms with Crippen molar-refractivity contribution >= 4 is 35.1 Å². The third-order valence-electron chi connectivity index (χ3n) is 5.04. The Balaban J connectivity index is 1.47. The Bertz CT molecular complexity index is 1300. The maximum atomic E-state index is 13.6. The Morgan fingerprint density at radius 3 is 2.27 bits per heavy atom. The zero-order valence-electron chi connectivity index (χ0n) is 17.2. The number of halogens is 2. The van der Waals surface area contributed by atoms with Crippen LogP contribution in [-0.4, -0.2) is 30.3 Å². The molecule has 0 radical (unpaired) electrons. The number of benzene rings is 3. The van der Waals surface area contributed by atoms with E-state index in [1.807, 2.05) is 5.32 Å². The number of imide groups is 1. The van der Waals surface area contributed by atoms with Crippen LogP contribution >= 0.6 is 0 Å². The van der Waals surface area contributed by atoms with Gasteiger partial charge in [-0.05, 0) is 48.9 Å². The molecule has 0 fully saturated rings. The van der Waals surface area contributed by atoms with E-state index in [-0.39, 0.29) is 16.7 Å². The van der Waals surface area contributed by atoms with Gasteiger partial charge in [-0.1, -0.05) is 24.3 Å². The van der Waals surface area contributed by atoms with Crippen molar-refractivity contribution in [1.82, 2.24) is 0 Å². The summed E-state index contributed by atoms with van der Waals surface area (Å²) in [6.45, 7) is 0.950. The fraction of sp³-hybridized carbons (Fsp3) is 0.0833. The quantitative estimate of drug-likeness (QED) is 0.471. The number of esters is 1. The molecule has 1 N–H and O–H groups in total. The molecular formula is C24H16F2N2O5. The number of carbonyl (C=O) groups is 4. The second-order valence-corrected chi connectivity index (χ2v) is 7.21. The van der Waals surface area contributed by atoms with Crippen LogP contribution in [0.3, 0.4) is 0 Å². The minimum Gasteiger partial charge on any atom is -0.452 e. The minimum atomic E-state index is -0.977. The van der Waals surface area contributed by atoms with Gasteiger partial charge in [0.25, 0.3) is 17.7 Å². The zero-order chi connectivity index (χ0) is 23.7. The average Bonchev–Trinajstić information content (AvgIpc) is 3.04. The van der Waals surface area contributed by atoms with Crippen molar-refractivity contribution in [2.75, 3.05) is 16.8 Å². The standard InChI is InChI=1S/C24H16F2N2O5/c1-13-5-2-3-8-19(13)28-22(30)15-10-9-14(11-16(15)23(28)31)24(32)33-12-20(29)27-21-17(25)6-4-7-18(21)26/h2-11H,12H2,1H3,(H,27,29). The van der Waals surface area contributed by atoms with Gasteiger partial charge in [0.2, 0.25) is 0 Å². The summed E-state index contributed by atoms with van der Waals surface area (Å²) < 4.78 is 32.1. The van der Waals surface area contributed by atoms with E-state index >= 15 is 0 Å². The molecule has 0 atom stereocenters. The molecule has 3 aromatic carbocycles. The smallest absolute Gasteiger partial charge is 0.338 e. The van der Waals surface area contributed by atoms with Gasteiger partial charge >= 0.3 is 5.97 Å². The lowest BCUT2D eigenvalue weighted by Gasteiger charge is -2.16. The monoisotopic (exact) mass is 450 g/mol. The predicted molar refractivity (Wildman–Crippen MR) is 114 cm³/mol. The number of hydrogen-bond acceptors (Lipinski definition) is 5. The predicted octanol–water partition coefficient (Wildman–Crippen LogP) is 3.87. The maximum absolute atomic E-state index is 13.6. The molecule has 0 bridgehead atoms. The molecule has 33 heavy (non-hydrogen) atoms. The van der Waals surface area contributed by atoms with E-state index in [4.69, 9.17) is 4.74 Å². The fourth-order valence-corrected chi connectivity index (χ4v) is 3.41. The Labute approximate surface area is 186 Å². The van der Waals surface area contributed by atoms with E-state index in [0.29, 0.717) is 5.69 Å². The molecule has 0 aromatic heterocycles. The van der Waals surface area contributed by atoms with E-state index in [0.717, 1.165) is 28.7 Å². The van der Waals surface area contributed by atoms with Crippen LogP contribution in [0, 0.1) is 18.6 Å². The van der Waals surface area contributed by atoms with Crippen LogP contribution in [0.1, 0.15) is 36.6 Å². The lowest BCUT2D eigenvalue weighted by Crippen LogP contribution is -2.29. The number of aryl methyl sites for hydroxylation is 1. The SMILES string of the molecule is Cc1ccccc1N1C(=O)c2ccc(C(=O)OCC(=O)Nc3c(F)cccc3F)cc2C1=O. The molecule has 9 heteroatoms. The molecule has 4 rings (SSSR count). The number of rotatable bonds is 5. The van der Waals surface area contributed by atoms with Gasteiger partial charge in [-0.2, -0.15) is 0 Å². The third kappa shape index (κ3) is 4.08. The Kier molecular flexibility index (Phi) is 5.70. The number of hydrogen-bond donors (Lipinski definition) is 1. The summed E-state index contributed by atoms with van der Waals surface area (Å²) in [6, 6.07) is 13.8. The summed E-state index contributed by atoms with van der Waals surface area (Å²) in [5.74, 6) is -4.96. The number of nitrogens with zero attached hydrogens (tertiary/aromatic N) is 1. The topological polar surface area (TPSA) is 92.8 Å². The van der Waals surface area contributed by atoms with Gasteiger partial charge in [0.1, 0.15) is 17.3 Å². The lowest BCUT2D eigenvalue weighted by atomic mass is 10.1. The molecule has 166 valence electrons. The molecule has 3 aromatic rings. The number of para-hydroxylation sites is 2. The molecule has 0 spiro atoms. The molecule has 0 unspecified atom stereocenters. The number of carbonyl (C=O) groups excluding carboxylic acids is 4. The van der Waals surface area contributed by atoms with Gasteiger partial charge < -0.3 is 10.1 Å². The second-order valence-electron chi connectivity index (χ2n) is 7.21. The molecule has 0 saturated carbocycles. The molecule has 1 aliphatic heterocycles. The highest BCUT2D eigenvalue weighted by Gasteiger charge is 2.37. The molecule has 1 heterocycles. The van der Waals surface area contributed by atoms with Crippen LogP contribution < -0.4 is 10.2 Å². The van der Waals surface area contributed by atoms with Gasteiger partial charge in [0, 0.05) is 0 Å². The fourth-order valence-electron chi connectivity index (χ4n) is 3.41. The zero-order valence-corrected chi connectivity index (χ0v) is 17.2. The van der Waals surface area contributed by atoms with E-state index in [9.17, 15) is 28.0 Å². The second kappa shape index (κ2) is 8.62. The van der Waals surface area contributed by atoms with Crippen LogP contribution in [-0.2, 0) is 9.53 Å². The highest BCUT2D eigenvalue weighted by Crippen LogP contribution is 2.31. The van der Waals surface area contributed by atoms with E-state index in [1.54, 1.807) is 31.2 Å². The van der Waals surface area contributed by atoms with Crippen molar-refractivity contribution < 1.29 is 32.7 Å². The Hall–Kier alpha value is -4.40. The first-order valence-corrected chi connectivity index (χ1v) is 9.77. The van der Waals surface area contributed by atoms with Gasteiger partial charge in [0.05, 0.1) is 22.4 Å². The maximum Gasteiger partial charge on any atom is 0.338 e. The summed E-state index contributed by atoms with van der Waals surface area (Å²) in [7, 11) is 0. The van der Waals surface area contributed by atoms with Crippen molar-refractivity contribution in [1.29, 1.82) is 0 Å². The minimum absolute atomic E-state index is 0.0237. The molecular weight excluding hydrogens is 434 g/mol. The molecule has 3 amide bonds. The Morgan fingerprint density at radius 2 is 1.58 bits per heavy atom. The van der Waals surface area contributed by atoms with Gasteiger partial charge in [-0.15, -0.1) is 0 Å². The summed E-state index contributed by atoms with van der Waals surface area (Å²) in [6.07, 6.45) is 0. The number of amides is 3. The number of ether oxygens (including phenoxy) is 1. The van der Waals surface area contributed by atoms with Crippen LogP contribution in [0.2, 0.25) is 0 Å². The van der Waals surface area contributed by atoms with Crippen molar-refractivity contribution in [2.45, 2.75) is 6.92 Å². The van der Waals surface area contributed by atoms with Crippen LogP contribution in [0.25, 0.3) is 0 Å². The van der Waals surface area contributed by atoms with Crippen LogP contribution in [0.15, 0.2) is 60.7 Å². The molecule has 0 saturated heterocycles. The number of fused-ring (bicyclic) bond motifs is 1. The van der Waals surface area contributed by atoms with Crippen LogP contribution in [0.4, 0.5) is 20.2 Å². The number of anilines is 2. The van der Waals surface area contributed by atoms with Gasteiger partial charge in [0.15, 0.2) is 6.61 Å². The Morgan fingerprint density at radius 1 is 0.909 bits per heavy atom. The first kappa shape index (κ1) is 21.8. The normalized spacial score (nSPS) is 12.5. The van der Waals surface area contributed by atoms with Crippen molar-refractivity contribution in [3.63, 3.8) is 0 Å². The summed E-state index contributed by atoms with van der Waals surface area (Å²) in [5, 5.41) is 2.00. The lowest BCUT2D eigenvalue weighted by molar-refractivity contribution is -0.119. The third-order valence-corrected chi connectivity index (χ3v) is 5.04. The van der Waals surface area contributed by atoms with Gasteiger partial charge in [-0.25, -0.2) is 18.5 Å². The van der Waals surface area contributed by atoms with Gasteiger partial charge in [-0.3, -0.25) is 14.4 Å².